The van der Waals surface area contributed by atoms with Crippen LogP contribution in [0.3, 0.4) is 0 Å². The van der Waals surface area contributed by atoms with Crippen LogP contribution in [-0.4, -0.2) is 24.0 Å². The Kier molecular flexibility index (Phi) is 5.34. The Hall–Kier alpha value is -0.930. The first-order chi connectivity index (χ1) is 9.26. The van der Waals surface area contributed by atoms with Crippen molar-refractivity contribution in [1.29, 1.82) is 0 Å². The zero-order chi connectivity index (χ0) is 13.7. The van der Waals surface area contributed by atoms with Gasteiger partial charge in [-0.2, -0.15) is 0 Å². The van der Waals surface area contributed by atoms with E-state index in [4.69, 9.17) is 5.73 Å². The molecule has 2 N–H and O–H groups in total. The first-order valence-corrected chi connectivity index (χ1v) is 7.47. The maximum atomic E-state index is 13.0. The summed E-state index contributed by atoms with van der Waals surface area (Å²) in [4.78, 5) is 2.51. The van der Waals surface area contributed by atoms with Crippen molar-refractivity contribution in [3.63, 3.8) is 0 Å². The molecule has 1 fully saturated rings. The van der Waals surface area contributed by atoms with Crippen LogP contribution < -0.4 is 5.73 Å². The van der Waals surface area contributed by atoms with E-state index >= 15 is 0 Å². The SMILES string of the molecule is CCN(C1CCCCC1)C(CN)c1ccc(F)cc1. The molecule has 1 atom stereocenters. The van der Waals surface area contributed by atoms with E-state index in [-0.39, 0.29) is 11.9 Å². The fourth-order valence-electron chi connectivity index (χ4n) is 3.29. The Morgan fingerprint density at radius 2 is 1.84 bits per heavy atom. The third-order valence-electron chi connectivity index (χ3n) is 4.29. The van der Waals surface area contributed by atoms with Crippen molar-refractivity contribution in [2.24, 2.45) is 5.73 Å². The summed E-state index contributed by atoms with van der Waals surface area (Å²) in [6.45, 7) is 3.79. The first kappa shape index (κ1) is 14.5. The molecule has 2 nitrogen and oxygen atoms in total. The van der Waals surface area contributed by atoms with Gasteiger partial charge in [-0.05, 0) is 37.1 Å². The number of likely N-dealkylation sites (N-methyl/N-ethyl adjacent to an activating group) is 1. The highest BCUT2D eigenvalue weighted by Crippen LogP contribution is 2.29. The normalized spacial score (nSPS) is 18.7. The fourth-order valence-corrected chi connectivity index (χ4v) is 3.29. The molecule has 0 heterocycles. The summed E-state index contributed by atoms with van der Waals surface area (Å²) in [5, 5.41) is 0. The van der Waals surface area contributed by atoms with Crippen LogP contribution in [0.25, 0.3) is 0 Å². The maximum Gasteiger partial charge on any atom is 0.123 e. The molecule has 2 rings (SSSR count). The van der Waals surface area contributed by atoms with Gasteiger partial charge in [0.05, 0.1) is 0 Å². The summed E-state index contributed by atoms with van der Waals surface area (Å²) < 4.78 is 13.0. The van der Waals surface area contributed by atoms with E-state index in [9.17, 15) is 4.39 Å². The summed E-state index contributed by atoms with van der Waals surface area (Å²) in [6, 6.07) is 7.67. The topological polar surface area (TPSA) is 29.3 Å². The molecule has 1 aromatic carbocycles. The fraction of sp³-hybridized carbons (Fsp3) is 0.625. The van der Waals surface area contributed by atoms with E-state index in [1.807, 2.05) is 12.1 Å². The molecular weight excluding hydrogens is 239 g/mol. The Balaban J connectivity index is 2.15. The number of halogens is 1. The number of hydrogen-bond donors (Lipinski definition) is 1. The number of hydrogen-bond acceptors (Lipinski definition) is 2. The molecule has 1 unspecified atom stereocenters. The zero-order valence-electron chi connectivity index (χ0n) is 11.8. The van der Waals surface area contributed by atoms with Gasteiger partial charge in [-0.25, -0.2) is 4.39 Å². The quantitative estimate of drug-likeness (QED) is 0.882. The summed E-state index contributed by atoms with van der Waals surface area (Å²) in [5.41, 5.74) is 7.13. The van der Waals surface area contributed by atoms with Crippen molar-refractivity contribution in [1.82, 2.24) is 4.90 Å². The number of nitrogens with zero attached hydrogens (tertiary/aromatic N) is 1. The smallest absolute Gasteiger partial charge is 0.123 e. The Morgan fingerprint density at radius 3 is 2.37 bits per heavy atom. The van der Waals surface area contributed by atoms with E-state index < -0.39 is 0 Å². The average molecular weight is 264 g/mol. The minimum Gasteiger partial charge on any atom is -0.329 e. The molecule has 1 aromatic rings. The lowest BCUT2D eigenvalue weighted by molar-refractivity contribution is 0.114. The lowest BCUT2D eigenvalue weighted by Crippen LogP contribution is -2.42. The molecule has 0 spiro atoms. The summed E-state index contributed by atoms with van der Waals surface area (Å²) >= 11 is 0. The number of nitrogens with two attached hydrogens (primary N) is 1. The van der Waals surface area contributed by atoms with Gasteiger partial charge in [0.1, 0.15) is 5.82 Å². The van der Waals surface area contributed by atoms with E-state index in [2.05, 4.69) is 11.8 Å². The highest BCUT2D eigenvalue weighted by atomic mass is 19.1. The van der Waals surface area contributed by atoms with Crippen LogP contribution >= 0.6 is 0 Å². The minimum atomic E-state index is -0.180. The lowest BCUT2D eigenvalue weighted by Gasteiger charge is -2.39. The van der Waals surface area contributed by atoms with Gasteiger partial charge in [-0.15, -0.1) is 0 Å². The van der Waals surface area contributed by atoms with Gasteiger partial charge < -0.3 is 5.73 Å². The summed E-state index contributed by atoms with van der Waals surface area (Å²) in [6.07, 6.45) is 6.54. The van der Waals surface area contributed by atoms with Crippen molar-refractivity contribution in [3.8, 4) is 0 Å². The molecule has 0 aliphatic heterocycles. The maximum absolute atomic E-state index is 13.0. The van der Waals surface area contributed by atoms with E-state index in [0.717, 1.165) is 12.1 Å². The molecule has 0 saturated heterocycles. The van der Waals surface area contributed by atoms with Crippen LogP contribution in [0.15, 0.2) is 24.3 Å². The number of rotatable bonds is 5. The average Bonchev–Trinajstić information content (AvgIpc) is 2.47. The third kappa shape index (κ3) is 3.54. The van der Waals surface area contributed by atoms with E-state index in [0.29, 0.717) is 12.6 Å². The van der Waals surface area contributed by atoms with Gasteiger partial charge >= 0.3 is 0 Å². The molecule has 1 aliphatic carbocycles. The van der Waals surface area contributed by atoms with Crippen molar-refractivity contribution < 1.29 is 4.39 Å². The van der Waals surface area contributed by atoms with Crippen LogP contribution in [0.1, 0.15) is 50.6 Å². The molecule has 0 radical (unpaired) electrons. The van der Waals surface area contributed by atoms with E-state index in [1.165, 1.54) is 44.2 Å². The van der Waals surface area contributed by atoms with Crippen LogP contribution in [-0.2, 0) is 0 Å². The third-order valence-corrected chi connectivity index (χ3v) is 4.29. The van der Waals surface area contributed by atoms with Crippen LogP contribution in [0.4, 0.5) is 4.39 Å². The Bertz CT molecular complexity index is 371. The molecule has 19 heavy (non-hydrogen) atoms. The molecule has 1 aliphatic rings. The predicted octanol–water partition coefficient (Wildman–Crippen LogP) is 3.48. The molecule has 106 valence electrons. The summed E-state index contributed by atoms with van der Waals surface area (Å²) in [7, 11) is 0. The Morgan fingerprint density at radius 1 is 1.21 bits per heavy atom. The zero-order valence-corrected chi connectivity index (χ0v) is 11.8. The Labute approximate surface area is 115 Å². The molecule has 0 bridgehead atoms. The summed E-state index contributed by atoms with van der Waals surface area (Å²) in [5.74, 6) is -0.180. The van der Waals surface area contributed by atoms with E-state index in [1.54, 1.807) is 0 Å². The minimum absolute atomic E-state index is 0.180. The second kappa shape index (κ2) is 7.01. The van der Waals surface area contributed by atoms with Gasteiger partial charge in [0, 0.05) is 18.6 Å². The number of benzene rings is 1. The standard InChI is InChI=1S/C16H25FN2/c1-2-19(15-6-4-3-5-7-15)16(12-18)13-8-10-14(17)11-9-13/h8-11,15-16H,2-7,12,18H2,1H3. The molecule has 0 aromatic heterocycles. The van der Waals surface area contributed by atoms with Gasteiger partial charge in [0.25, 0.3) is 0 Å². The highest BCUT2D eigenvalue weighted by molar-refractivity contribution is 5.20. The highest BCUT2D eigenvalue weighted by Gasteiger charge is 2.26. The van der Waals surface area contributed by atoms with Gasteiger partial charge in [0.2, 0.25) is 0 Å². The van der Waals surface area contributed by atoms with Crippen LogP contribution in [0.2, 0.25) is 0 Å². The first-order valence-electron chi connectivity index (χ1n) is 7.47. The molecule has 3 heteroatoms. The lowest BCUT2D eigenvalue weighted by atomic mass is 9.92. The van der Waals surface area contributed by atoms with Crippen molar-refractivity contribution >= 4 is 0 Å². The van der Waals surface area contributed by atoms with Gasteiger partial charge in [-0.1, -0.05) is 38.3 Å². The van der Waals surface area contributed by atoms with Crippen LogP contribution in [0, 0.1) is 5.82 Å². The van der Waals surface area contributed by atoms with Gasteiger partial charge in [-0.3, -0.25) is 4.90 Å². The molecule has 1 saturated carbocycles. The predicted molar refractivity (Wildman–Crippen MR) is 77.4 cm³/mol. The van der Waals surface area contributed by atoms with Crippen LogP contribution in [0.5, 0.6) is 0 Å². The molecule has 0 amide bonds. The monoisotopic (exact) mass is 264 g/mol. The van der Waals surface area contributed by atoms with Crippen molar-refractivity contribution in [3.05, 3.63) is 35.6 Å². The van der Waals surface area contributed by atoms with Crippen molar-refractivity contribution in [2.45, 2.75) is 51.1 Å². The second-order valence-corrected chi connectivity index (χ2v) is 5.43. The largest absolute Gasteiger partial charge is 0.329 e. The second-order valence-electron chi connectivity index (χ2n) is 5.43. The molecular formula is C16H25FN2. The van der Waals surface area contributed by atoms with Gasteiger partial charge in [0.15, 0.2) is 0 Å². The van der Waals surface area contributed by atoms with Crippen molar-refractivity contribution in [2.75, 3.05) is 13.1 Å².